The van der Waals surface area contributed by atoms with Gasteiger partial charge in [-0.15, -0.1) is 0 Å². The minimum absolute atomic E-state index is 0.211. The number of rotatable bonds is 1. The van der Waals surface area contributed by atoms with E-state index in [0.717, 1.165) is 33.4 Å². The summed E-state index contributed by atoms with van der Waals surface area (Å²) in [6, 6.07) is 0. The fourth-order valence-corrected chi connectivity index (χ4v) is 0.858. The normalized spacial score (nSPS) is 15.3. The molecule has 1 fully saturated rings. The fraction of sp³-hybridized carbons (Fsp3) is 0.900. The van der Waals surface area contributed by atoms with Crippen molar-refractivity contribution in [1.82, 2.24) is 4.90 Å². The van der Waals surface area contributed by atoms with E-state index >= 15 is 0 Å². The van der Waals surface area contributed by atoms with Crippen molar-refractivity contribution in [2.24, 2.45) is 0 Å². The van der Waals surface area contributed by atoms with Gasteiger partial charge in [0.15, 0.2) is 0 Å². The molecule has 0 unspecified atom stereocenters. The standard InChI is InChI=1S/C5H11NO.C4H8O2.CH4O/c1-6-2-4-7-5-3-6;1-3-6-4(2)5;1-2/h2-5H2,1H3;3H2,1-2H3;2H,1H3. The molecule has 5 nitrogen and oxygen atoms in total. The molecule has 5 heteroatoms. The molecule has 0 aromatic carbocycles. The Labute approximate surface area is 92.0 Å². The number of hydrogen-bond donors (Lipinski definition) is 1. The zero-order valence-corrected chi connectivity index (χ0v) is 10.2. The quantitative estimate of drug-likeness (QED) is 0.638. The van der Waals surface area contributed by atoms with Crippen LogP contribution in [0.4, 0.5) is 0 Å². The molecule has 0 aliphatic carbocycles. The average molecular weight is 221 g/mol. The number of aliphatic hydroxyl groups is 1. The van der Waals surface area contributed by atoms with Gasteiger partial charge in [0.25, 0.3) is 0 Å². The predicted octanol–water partition coefficient (Wildman–Crippen LogP) is 0.126. The zero-order valence-electron chi connectivity index (χ0n) is 10.2. The minimum Gasteiger partial charge on any atom is -0.466 e. The molecule has 0 saturated carbocycles. The van der Waals surface area contributed by atoms with E-state index < -0.39 is 0 Å². The molecular weight excluding hydrogens is 198 g/mol. The molecule has 92 valence electrons. The molecule has 1 N–H and O–H groups in total. The SMILES string of the molecule is CCOC(C)=O.CN1CCOCC1.CO. The summed E-state index contributed by atoms with van der Waals surface area (Å²) in [6.07, 6.45) is 0. The summed E-state index contributed by atoms with van der Waals surface area (Å²) >= 11 is 0. The van der Waals surface area contributed by atoms with Crippen LogP contribution in [-0.4, -0.2) is 63.0 Å². The predicted molar refractivity (Wildman–Crippen MR) is 58.8 cm³/mol. The first-order valence-corrected chi connectivity index (χ1v) is 5.01. The lowest BCUT2D eigenvalue weighted by Gasteiger charge is -2.21. The summed E-state index contributed by atoms with van der Waals surface area (Å²) in [7, 11) is 3.11. The van der Waals surface area contributed by atoms with E-state index in [9.17, 15) is 4.79 Å². The Balaban J connectivity index is 0. The summed E-state index contributed by atoms with van der Waals surface area (Å²) in [5, 5.41) is 7.00. The van der Waals surface area contributed by atoms with Crippen LogP contribution < -0.4 is 0 Å². The lowest BCUT2D eigenvalue weighted by Crippen LogP contribution is -2.32. The number of likely N-dealkylation sites (N-methyl/N-ethyl adjacent to an activating group) is 1. The van der Waals surface area contributed by atoms with Crippen molar-refractivity contribution >= 4 is 5.97 Å². The molecule has 0 radical (unpaired) electrons. The van der Waals surface area contributed by atoms with E-state index in [1.807, 2.05) is 0 Å². The molecule has 1 aliphatic rings. The summed E-state index contributed by atoms with van der Waals surface area (Å²) in [6.45, 7) is 7.67. The van der Waals surface area contributed by atoms with Crippen molar-refractivity contribution in [1.29, 1.82) is 0 Å². The number of carbonyl (C=O) groups is 1. The first-order valence-electron chi connectivity index (χ1n) is 5.01. The topological polar surface area (TPSA) is 59.0 Å². The molecule has 0 amide bonds. The Morgan fingerprint density at radius 1 is 1.40 bits per heavy atom. The second kappa shape index (κ2) is 13.4. The van der Waals surface area contributed by atoms with Gasteiger partial charge in [0, 0.05) is 27.1 Å². The Hall–Kier alpha value is -0.650. The van der Waals surface area contributed by atoms with Crippen molar-refractivity contribution < 1.29 is 19.4 Å². The Morgan fingerprint density at radius 3 is 2.00 bits per heavy atom. The van der Waals surface area contributed by atoms with Crippen LogP contribution in [0.1, 0.15) is 13.8 Å². The first-order chi connectivity index (χ1) is 7.16. The van der Waals surface area contributed by atoms with Crippen molar-refractivity contribution in [2.45, 2.75) is 13.8 Å². The van der Waals surface area contributed by atoms with Crippen LogP contribution in [0.2, 0.25) is 0 Å². The number of hydrogen-bond acceptors (Lipinski definition) is 5. The molecule has 1 heterocycles. The van der Waals surface area contributed by atoms with Crippen LogP contribution in [0.3, 0.4) is 0 Å². The van der Waals surface area contributed by atoms with Gasteiger partial charge >= 0.3 is 5.97 Å². The number of esters is 1. The molecule has 0 bridgehead atoms. The summed E-state index contributed by atoms with van der Waals surface area (Å²) in [4.78, 5) is 12.1. The van der Waals surface area contributed by atoms with E-state index in [-0.39, 0.29) is 5.97 Å². The van der Waals surface area contributed by atoms with Gasteiger partial charge in [-0.1, -0.05) is 0 Å². The minimum atomic E-state index is -0.211. The van der Waals surface area contributed by atoms with Crippen LogP contribution in [-0.2, 0) is 14.3 Å². The Morgan fingerprint density at radius 2 is 1.87 bits per heavy atom. The van der Waals surface area contributed by atoms with Gasteiger partial charge in [-0.05, 0) is 14.0 Å². The fourth-order valence-electron chi connectivity index (χ4n) is 0.858. The third kappa shape index (κ3) is 16.1. The molecule has 0 atom stereocenters. The Kier molecular flexibility index (Phi) is 14.9. The van der Waals surface area contributed by atoms with Gasteiger partial charge in [0.05, 0.1) is 19.8 Å². The van der Waals surface area contributed by atoms with Gasteiger partial charge < -0.3 is 19.5 Å². The monoisotopic (exact) mass is 221 g/mol. The van der Waals surface area contributed by atoms with Crippen LogP contribution in [0.15, 0.2) is 0 Å². The number of nitrogens with zero attached hydrogens (tertiary/aromatic N) is 1. The molecule has 1 rings (SSSR count). The maximum atomic E-state index is 9.82. The van der Waals surface area contributed by atoms with E-state index in [4.69, 9.17) is 9.84 Å². The molecule has 1 aliphatic heterocycles. The highest BCUT2D eigenvalue weighted by Crippen LogP contribution is 1.89. The van der Waals surface area contributed by atoms with Crippen LogP contribution in [0, 0.1) is 0 Å². The Bertz CT molecular complexity index is 135. The highest BCUT2D eigenvalue weighted by atomic mass is 16.5. The lowest BCUT2D eigenvalue weighted by molar-refractivity contribution is -0.140. The highest BCUT2D eigenvalue weighted by Gasteiger charge is 2.02. The summed E-state index contributed by atoms with van der Waals surface area (Å²) in [5.41, 5.74) is 0. The van der Waals surface area contributed by atoms with Gasteiger partial charge in [-0.2, -0.15) is 0 Å². The molecule has 0 spiro atoms. The molecule has 0 aromatic rings. The lowest BCUT2D eigenvalue weighted by atomic mass is 10.5. The van der Waals surface area contributed by atoms with Gasteiger partial charge in [-0.3, -0.25) is 4.79 Å². The van der Waals surface area contributed by atoms with Crippen molar-refractivity contribution in [2.75, 3.05) is 47.1 Å². The van der Waals surface area contributed by atoms with Crippen LogP contribution in [0.5, 0.6) is 0 Å². The number of ether oxygens (including phenoxy) is 2. The maximum absolute atomic E-state index is 9.82. The molecule has 15 heavy (non-hydrogen) atoms. The third-order valence-corrected chi connectivity index (χ3v) is 1.58. The van der Waals surface area contributed by atoms with Gasteiger partial charge in [0.1, 0.15) is 0 Å². The van der Waals surface area contributed by atoms with E-state index in [2.05, 4.69) is 16.7 Å². The van der Waals surface area contributed by atoms with Crippen molar-refractivity contribution in [3.63, 3.8) is 0 Å². The molecule has 1 saturated heterocycles. The van der Waals surface area contributed by atoms with Crippen molar-refractivity contribution in [3.05, 3.63) is 0 Å². The number of aliphatic hydroxyl groups excluding tert-OH is 1. The average Bonchev–Trinajstić information content (AvgIpc) is 2.22. The molecule has 0 aromatic heterocycles. The largest absolute Gasteiger partial charge is 0.466 e. The van der Waals surface area contributed by atoms with Gasteiger partial charge in [0.2, 0.25) is 0 Å². The summed E-state index contributed by atoms with van der Waals surface area (Å²) < 4.78 is 9.50. The molecular formula is C10H23NO4. The van der Waals surface area contributed by atoms with Gasteiger partial charge in [-0.25, -0.2) is 0 Å². The van der Waals surface area contributed by atoms with Crippen LogP contribution in [0.25, 0.3) is 0 Å². The van der Waals surface area contributed by atoms with E-state index in [1.165, 1.54) is 6.92 Å². The van der Waals surface area contributed by atoms with Crippen LogP contribution >= 0.6 is 0 Å². The first kappa shape index (κ1) is 16.8. The van der Waals surface area contributed by atoms with Crippen molar-refractivity contribution in [3.8, 4) is 0 Å². The maximum Gasteiger partial charge on any atom is 0.302 e. The van der Waals surface area contributed by atoms with E-state index in [0.29, 0.717) is 6.61 Å². The zero-order chi connectivity index (χ0) is 12.1. The summed E-state index contributed by atoms with van der Waals surface area (Å²) in [5.74, 6) is -0.211. The smallest absolute Gasteiger partial charge is 0.302 e. The second-order valence-electron chi connectivity index (χ2n) is 2.84. The van der Waals surface area contributed by atoms with E-state index in [1.54, 1.807) is 6.92 Å². The number of morpholine rings is 1. The third-order valence-electron chi connectivity index (χ3n) is 1.58. The second-order valence-corrected chi connectivity index (χ2v) is 2.84. The number of carbonyl (C=O) groups excluding carboxylic acids is 1. The highest BCUT2D eigenvalue weighted by molar-refractivity contribution is 5.65.